The second kappa shape index (κ2) is 5.39. The second-order valence-corrected chi connectivity index (χ2v) is 6.43. The van der Waals surface area contributed by atoms with Gasteiger partial charge >= 0.3 is 0 Å². The van der Waals surface area contributed by atoms with Gasteiger partial charge < -0.3 is 5.11 Å². The lowest BCUT2D eigenvalue weighted by molar-refractivity contribution is -0.0969. The van der Waals surface area contributed by atoms with Gasteiger partial charge in [0.05, 0.1) is 11.3 Å². The molecule has 0 amide bonds. The summed E-state index contributed by atoms with van der Waals surface area (Å²) >= 11 is 6.00. The van der Waals surface area contributed by atoms with E-state index in [1.807, 2.05) is 6.07 Å². The molecule has 0 bridgehead atoms. The first-order valence-electron chi connectivity index (χ1n) is 7.21. The Morgan fingerprint density at radius 2 is 2.32 bits per heavy atom. The lowest BCUT2D eigenvalue weighted by atomic mass is 9.71. The molecule has 19 heavy (non-hydrogen) atoms. The molecule has 2 aliphatic rings. The highest BCUT2D eigenvalue weighted by molar-refractivity contribution is 6.30. The van der Waals surface area contributed by atoms with Gasteiger partial charge in [0.15, 0.2) is 0 Å². The molecule has 4 heteroatoms. The molecule has 1 N–H and O–H groups in total. The maximum atomic E-state index is 10.7. The molecular weight excluding hydrogens is 260 g/mol. The lowest BCUT2D eigenvalue weighted by Gasteiger charge is -2.47. The number of aromatic nitrogens is 1. The van der Waals surface area contributed by atoms with Gasteiger partial charge in [-0.25, -0.2) is 0 Å². The number of halogens is 1. The van der Waals surface area contributed by atoms with Crippen molar-refractivity contribution in [3.8, 4) is 0 Å². The van der Waals surface area contributed by atoms with Gasteiger partial charge in [-0.1, -0.05) is 24.4 Å². The Morgan fingerprint density at radius 1 is 1.42 bits per heavy atom. The summed E-state index contributed by atoms with van der Waals surface area (Å²) in [6, 6.07) is 3.74. The fraction of sp³-hybridized carbons (Fsp3) is 0.667. The standard InChI is InChI=1S/C15H21ClN2O/c16-13-4-7-17-14(9-13)11-18-8-6-15(19)5-2-1-3-12(15)10-18/h4,7,9,12,19H,1-3,5-6,8,10-11H2. The molecule has 2 unspecified atom stereocenters. The normalized spacial score (nSPS) is 32.0. The summed E-state index contributed by atoms with van der Waals surface area (Å²) in [5.74, 6) is 0.439. The van der Waals surface area contributed by atoms with Crippen molar-refractivity contribution in [2.45, 2.75) is 44.2 Å². The lowest BCUT2D eigenvalue weighted by Crippen LogP contribution is -2.53. The van der Waals surface area contributed by atoms with E-state index < -0.39 is 5.60 Å². The van der Waals surface area contributed by atoms with E-state index in [-0.39, 0.29) is 0 Å². The van der Waals surface area contributed by atoms with Crippen molar-refractivity contribution in [3.63, 3.8) is 0 Å². The third kappa shape index (κ3) is 2.93. The number of nitrogens with zero attached hydrogens (tertiary/aromatic N) is 2. The minimum absolute atomic E-state index is 0.392. The van der Waals surface area contributed by atoms with E-state index in [1.165, 1.54) is 12.8 Å². The maximum Gasteiger partial charge on any atom is 0.0700 e. The monoisotopic (exact) mass is 280 g/mol. The highest BCUT2D eigenvalue weighted by atomic mass is 35.5. The number of hydrogen-bond acceptors (Lipinski definition) is 3. The number of rotatable bonds is 2. The summed E-state index contributed by atoms with van der Waals surface area (Å²) in [6.45, 7) is 2.79. The van der Waals surface area contributed by atoms with Crippen LogP contribution in [0.15, 0.2) is 18.3 Å². The van der Waals surface area contributed by atoms with Crippen molar-refractivity contribution >= 4 is 11.6 Å². The third-order valence-corrected chi connectivity index (χ3v) is 4.91. The zero-order valence-electron chi connectivity index (χ0n) is 11.2. The SMILES string of the molecule is OC12CCCCC1CN(Cc1cc(Cl)ccn1)CC2. The number of pyridine rings is 1. The molecule has 1 aromatic heterocycles. The van der Waals surface area contributed by atoms with Crippen LogP contribution >= 0.6 is 11.6 Å². The first-order valence-corrected chi connectivity index (χ1v) is 7.59. The van der Waals surface area contributed by atoms with Gasteiger partial charge in [0.1, 0.15) is 0 Å². The largest absolute Gasteiger partial charge is 0.390 e. The second-order valence-electron chi connectivity index (χ2n) is 6.00. The summed E-state index contributed by atoms with van der Waals surface area (Å²) in [5, 5.41) is 11.4. The highest BCUT2D eigenvalue weighted by Gasteiger charge is 2.42. The molecule has 2 fully saturated rings. The molecule has 1 aromatic rings. The van der Waals surface area contributed by atoms with Crippen molar-refractivity contribution in [2.24, 2.45) is 5.92 Å². The van der Waals surface area contributed by atoms with Crippen molar-refractivity contribution in [1.82, 2.24) is 9.88 Å². The zero-order chi connectivity index (χ0) is 13.3. The Bertz CT molecular complexity index is 454. The molecule has 1 saturated heterocycles. The smallest absolute Gasteiger partial charge is 0.0700 e. The van der Waals surface area contributed by atoms with Crippen molar-refractivity contribution < 1.29 is 5.11 Å². The van der Waals surface area contributed by atoms with E-state index in [0.717, 1.165) is 49.6 Å². The molecule has 0 radical (unpaired) electrons. The van der Waals surface area contributed by atoms with Gasteiger partial charge in [-0.2, -0.15) is 0 Å². The Kier molecular flexibility index (Phi) is 3.79. The van der Waals surface area contributed by atoms with E-state index in [9.17, 15) is 5.11 Å². The number of hydrogen-bond donors (Lipinski definition) is 1. The Labute approximate surface area is 119 Å². The van der Waals surface area contributed by atoms with Crippen molar-refractivity contribution in [2.75, 3.05) is 13.1 Å². The van der Waals surface area contributed by atoms with Gasteiger partial charge in [-0.05, 0) is 31.4 Å². The van der Waals surface area contributed by atoms with E-state index in [4.69, 9.17) is 11.6 Å². The van der Waals surface area contributed by atoms with Crippen molar-refractivity contribution in [3.05, 3.63) is 29.0 Å². The molecule has 3 rings (SSSR count). The quantitative estimate of drug-likeness (QED) is 0.905. The molecule has 104 valence electrons. The van der Waals surface area contributed by atoms with Crippen LogP contribution in [-0.2, 0) is 6.54 Å². The Hall–Kier alpha value is -0.640. The first-order chi connectivity index (χ1) is 9.16. The average Bonchev–Trinajstić information content (AvgIpc) is 2.39. The summed E-state index contributed by atoms with van der Waals surface area (Å²) in [6.07, 6.45) is 7.26. The van der Waals surface area contributed by atoms with Crippen LogP contribution in [0.1, 0.15) is 37.8 Å². The highest BCUT2D eigenvalue weighted by Crippen LogP contribution is 2.39. The molecule has 1 aliphatic carbocycles. The third-order valence-electron chi connectivity index (χ3n) is 4.68. The minimum atomic E-state index is -0.392. The topological polar surface area (TPSA) is 36.4 Å². The van der Waals surface area contributed by atoms with Gasteiger partial charge in [0, 0.05) is 36.8 Å². The molecular formula is C15H21ClN2O. The summed E-state index contributed by atoms with van der Waals surface area (Å²) in [7, 11) is 0. The molecule has 2 heterocycles. The predicted molar refractivity (Wildman–Crippen MR) is 76.0 cm³/mol. The molecule has 3 nitrogen and oxygen atoms in total. The molecule has 1 aliphatic heterocycles. The summed E-state index contributed by atoms with van der Waals surface area (Å²) < 4.78 is 0. The number of aliphatic hydroxyl groups is 1. The van der Waals surface area contributed by atoms with Crippen LogP contribution in [0, 0.1) is 5.92 Å². The molecule has 0 spiro atoms. The van der Waals surface area contributed by atoms with Gasteiger partial charge in [0.2, 0.25) is 0 Å². The predicted octanol–water partition coefficient (Wildman–Crippen LogP) is 2.86. The maximum absolute atomic E-state index is 10.7. The zero-order valence-corrected chi connectivity index (χ0v) is 11.9. The summed E-state index contributed by atoms with van der Waals surface area (Å²) in [4.78, 5) is 6.77. The Morgan fingerprint density at radius 3 is 3.16 bits per heavy atom. The van der Waals surface area contributed by atoms with Crippen LogP contribution in [-0.4, -0.2) is 33.7 Å². The molecule has 1 saturated carbocycles. The number of piperidine rings is 1. The van der Waals surface area contributed by atoms with Gasteiger partial charge in [-0.3, -0.25) is 9.88 Å². The molecule has 0 aromatic carbocycles. The van der Waals surface area contributed by atoms with E-state index in [2.05, 4.69) is 9.88 Å². The van der Waals surface area contributed by atoms with Crippen LogP contribution in [0.25, 0.3) is 0 Å². The van der Waals surface area contributed by atoms with Crippen LogP contribution in [0.4, 0.5) is 0 Å². The van der Waals surface area contributed by atoms with Gasteiger partial charge in [0.25, 0.3) is 0 Å². The number of likely N-dealkylation sites (tertiary alicyclic amines) is 1. The van der Waals surface area contributed by atoms with Crippen LogP contribution in [0.2, 0.25) is 5.02 Å². The number of fused-ring (bicyclic) bond motifs is 1. The fourth-order valence-electron chi connectivity index (χ4n) is 3.55. The van der Waals surface area contributed by atoms with Crippen LogP contribution < -0.4 is 0 Å². The van der Waals surface area contributed by atoms with Gasteiger partial charge in [-0.15, -0.1) is 0 Å². The van der Waals surface area contributed by atoms with Crippen LogP contribution in [0.5, 0.6) is 0 Å². The fourth-order valence-corrected chi connectivity index (χ4v) is 3.73. The van der Waals surface area contributed by atoms with E-state index >= 15 is 0 Å². The first kappa shape index (κ1) is 13.3. The van der Waals surface area contributed by atoms with E-state index in [1.54, 1.807) is 12.3 Å². The summed E-state index contributed by atoms with van der Waals surface area (Å²) in [5.41, 5.74) is 0.630. The van der Waals surface area contributed by atoms with Crippen molar-refractivity contribution in [1.29, 1.82) is 0 Å². The van der Waals surface area contributed by atoms with Crippen LogP contribution in [0.3, 0.4) is 0 Å². The van der Waals surface area contributed by atoms with E-state index in [0.29, 0.717) is 5.92 Å². The molecule has 2 atom stereocenters. The Balaban J connectivity index is 1.65. The average molecular weight is 281 g/mol. The minimum Gasteiger partial charge on any atom is -0.390 e.